The molecule has 1 amide bonds. The van der Waals surface area contributed by atoms with Crippen LogP contribution >= 0.6 is 11.3 Å². The van der Waals surface area contributed by atoms with E-state index in [4.69, 9.17) is 19.7 Å². The maximum atomic E-state index is 12.9. The minimum absolute atomic E-state index is 0.00871. The summed E-state index contributed by atoms with van der Waals surface area (Å²) in [6, 6.07) is 20.3. The second-order valence-electron chi connectivity index (χ2n) is 9.67. The molecule has 3 aromatic heterocycles. The highest BCUT2D eigenvalue weighted by Gasteiger charge is 2.27. The van der Waals surface area contributed by atoms with Gasteiger partial charge in [0.2, 0.25) is 5.91 Å². The molecule has 4 heterocycles. The monoisotopic (exact) mass is 523 g/mol. The van der Waals surface area contributed by atoms with Gasteiger partial charge in [-0.1, -0.05) is 42.5 Å². The van der Waals surface area contributed by atoms with Gasteiger partial charge in [0.1, 0.15) is 22.7 Å². The number of carbonyl (C=O) groups is 1. The average Bonchev–Trinajstić information content (AvgIpc) is 3.34. The van der Waals surface area contributed by atoms with Gasteiger partial charge in [0.25, 0.3) is 0 Å². The number of ether oxygens (including phenoxy) is 1. The molecule has 7 nitrogen and oxygen atoms in total. The van der Waals surface area contributed by atoms with E-state index in [-0.39, 0.29) is 11.8 Å². The van der Waals surface area contributed by atoms with Gasteiger partial charge in [0.15, 0.2) is 0 Å². The van der Waals surface area contributed by atoms with Gasteiger partial charge in [0.05, 0.1) is 17.3 Å². The summed E-state index contributed by atoms with van der Waals surface area (Å²) in [5.74, 6) is 1.83. The van der Waals surface area contributed by atoms with E-state index in [1.165, 1.54) is 0 Å². The second kappa shape index (κ2) is 10.4. The van der Waals surface area contributed by atoms with E-state index in [0.717, 1.165) is 80.3 Å². The fraction of sp³-hybridized carbons (Fsp3) is 0.267. The highest BCUT2D eigenvalue weighted by atomic mass is 32.1. The number of thiophene rings is 1. The van der Waals surface area contributed by atoms with Gasteiger partial charge in [-0.25, -0.2) is 15.0 Å². The SMILES string of the molecule is COc1cccc(CNC(=O)C2CCN(c3ncnc4c3sc3nc(C)cc(-c5ccccc5)c34)CC2)c1. The van der Waals surface area contributed by atoms with Gasteiger partial charge in [-0.2, -0.15) is 0 Å². The Bertz CT molecular complexity index is 1610. The van der Waals surface area contributed by atoms with Crippen LogP contribution < -0.4 is 15.0 Å². The zero-order chi connectivity index (χ0) is 26.1. The summed E-state index contributed by atoms with van der Waals surface area (Å²) in [5.41, 5.74) is 5.26. The second-order valence-corrected chi connectivity index (χ2v) is 10.7. The van der Waals surface area contributed by atoms with Crippen LogP contribution in [0.3, 0.4) is 0 Å². The number of rotatable bonds is 6. The fourth-order valence-electron chi connectivity index (χ4n) is 5.22. The van der Waals surface area contributed by atoms with E-state index in [1.54, 1.807) is 24.8 Å². The molecule has 1 aliphatic rings. The van der Waals surface area contributed by atoms with E-state index in [1.807, 2.05) is 37.3 Å². The topological polar surface area (TPSA) is 80.2 Å². The summed E-state index contributed by atoms with van der Waals surface area (Å²) in [6.07, 6.45) is 3.23. The van der Waals surface area contributed by atoms with E-state index >= 15 is 0 Å². The van der Waals surface area contributed by atoms with E-state index < -0.39 is 0 Å². The Morgan fingerprint density at radius 3 is 2.68 bits per heavy atom. The maximum Gasteiger partial charge on any atom is 0.223 e. The molecule has 0 spiro atoms. The number of benzene rings is 2. The van der Waals surface area contributed by atoms with Crippen molar-refractivity contribution in [1.82, 2.24) is 20.3 Å². The van der Waals surface area contributed by atoms with Crippen LogP contribution in [0.25, 0.3) is 31.6 Å². The molecular formula is C30H29N5O2S. The fourth-order valence-corrected chi connectivity index (χ4v) is 6.44. The number of nitrogens with zero attached hydrogens (tertiary/aromatic N) is 4. The number of anilines is 1. The molecule has 1 fully saturated rings. The predicted molar refractivity (Wildman–Crippen MR) is 153 cm³/mol. The Hall–Kier alpha value is -4.04. The molecule has 1 saturated heterocycles. The lowest BCUT2D eigenvalue weighted by Crippen LogP contribution is -2.40. The highest BCUT2D eigenvalue weighted by molar-refractivity contribution is 7.26. The number of amides is 1. The number of methoxy groups -OCH3 is 1. The zero-order valence-electron chi connectivity index (χ0n) is 21.5. The van der Waals surface area contributed by atoms with Gasteiger partial charge < -0.3 is 15.0 Å². The van der Waals surface area contributed by atoms with Gasteiger partial charge in [-0.3, -0.25) is 4.79 Å². The molecule has 1 N–H and O–H groups in total. The quantitative estimate of drug-likeness (QED) is 0.305. The van der Waals surface area contributed by atoms with Gasteiger partial charge in [-0.15, -0.1) is 11.3 Å². The van der Waals surface area contributed by atoms with Crippen LogP contribution in [0.1, 0.15) is 24.1 Å². The van der Waals surface area contributed by atoms with Crippen molar-refractivity contribution in [3.63, 3.8) is 0 Å². The Morgan fingerprint density at radius 1 is 1.08 bits per heavy atom. The third kappa shape index (κ3) is 4.67. The molecule has 0 unspecified atom stereocenters. The molecule has 192 valence electrons. The molecule has 38 heavy (non-hydrogen) atoms. The molecular weight excluding hydrogens is 494 g/mol. The van der Waals surface area contributed by atoms with Crippen molar-refractivity contribution in [1.29, 1.82) is 0 Å². The van der Waals surface area contributed by atoms with Crippen LogP contribution in [0.5, 0.6) is 5.75 Å². The Balaban J connectivity index is 1.21. The number of carbonyl (C=O) groups excluding carboxylic acids is 1. The smallest absolute Gasteiger partial charge is 0.223 e. The Morgan fingerprint density at radius 2 is 1.89 bits per heavy atom. The number of pyridine rings is 1. The van der Waals surface area contributed by atoms with Crippen LogP contribution in [0, 0.1) is 12.8 Å². The van der Waals surface area contributed by atoms with Crippen molar-refractivity contribution in [2.75, 3.05) is 25.1 Å². The minimum atomic E-state index is -0.00871. The van der Waals surface area contributed by atoms with Crippen molar-refractivity contribution >= 4 is 43.5 Å². The number of aryl methyl sites for hydroxylation is 1. The number of piperidine rings is 1. The van der Waals surface area contributed by atoms with Crippen molar-refractivity contribution in [3.8, 4) is 16.9 Å². The average molecular weight is 524 g/mol. The molecule has 0 radical (unpaired) electrons. The van der Waals surface area contributed by atoms with Gasteiger partial charge in [-0.05, 0) is 54.7 Å². The normalized spacial score (nSPS) is 14.2. The summed E-state index contributed by atoms with van der Waals surface area (Å²) in [7, 11) is 1.65. The molecule has 2 aromatic carbocycles. The van der Waals surface area contributed by atoms with Crippen LogP contribution in [-0.4, -0.2) is 41.1 Å². The van der Waals surface area contributed by atoms with Crippen molar-refractivity contribution in [2.45, 2.75) is 26.3 Å². The molecule has 1 aliphatic heterocycles. The standard InChI is InChI=1S/C30H29N5O2S/c1-19-15-24(21-8-4-3-5-9-21)25-26-27(38-30(25)34-19)28(33-18-32-26)35-13-11-22(12-14-35)29(36)31-17-20-7-6-10-23(16-20)37-2/h3-10,15-16,18,22H,11-14,17H2,1-2H3,(H,31,36). The Labute approximate surface area is 225 Å². The summed E-state index contributed by atoms with van der Waals surface area (Å²) in [4.78, 5) is 30.4. The van der Waals surface area contributed by atoms with Crippen molar-refractivity contribution in [2.24, 2.45) is 5.92 Å². The first-order valence-electron chi connectivity index (χ1n) is 12.9. The molecule has 8 heteroatoms. The van der Waals surface area contributed by atoms with Crippen LogP contribution in [0.2, 0.25) is 0 Å². The molecule has 0 bridgehead atoms. The molecule has 5 aromatic rings. The number of fused-ring (bicyclic) bond motifs is 3. The largest absolute Gasteiger partial charge is 0.497 e. The molecule has 0 atom stereocenters. The Kier molecular flexibility index (Phi) is 6.64. The molecule has 6 rings (SSSR count). The third-order valence-corrected chi connectivity index (χ3v) is 8.25. The van der Waals surface area contributed by atoms with E-state index in [2.05, 4.69) is 40.5 Å². The summed E-state index contributed by atoms with van der Waals surface area (Å²) in [6.45, 7) is 4.08. The molecule has 0 aliphatic carbocycles. The summed E-state index contributed by atoms with van der Waals surface area (Å²) >= 11 is 1.65. The van der Waals surface area contributed by atoms with E-state index in [0.29, 0.717) is 6.54 Å². The lowest BCUT2D eigenvalue weighted by atomic mass is 9.95. The number of hydrogen-bond acceptors (Lipinski definition) is 7. The maximum absolute atomic E-state index is 12.9. The summed E-state index contributed by atoms with van der Waals surface area (Å²) in [5, 5.41) is 4.18. The van der Waals surface area contributed by atoms with Gasteiger partial charge >= 0.3 is 0 Å². The first kappa shape index (κ1) is 24.3. The van der Waals surface area contributed by atoms with Gasteiger partial charge in [0, 0.05) is 36.6 Å². The summed E-state index contributed by atoms with van der Waals surface area (Å²) < 4.78 is 6.34. The minimum Gasteiger partial charge on any atom is -0.497 e. The van der Waals surface area contributed by atoms with Crippen LogP contribution in [-0.2, 0) is 11.3 Å². The van der Waals surface area contributed by atoms with Crippen LogP contribution in [0.15, 0.2) is 67.0 Å². The first-order chi connectivity index (χ1) is 18.6. The lowest BCUT2D eigenvalue weighted by molar-refractivity contribution is -0.125. The number of hydrogen-bond donors (Lipinski definition) is 1. The number of nitrogens with one attached hydrogen (secondary N) is 1. The number of aromatic nitrogens is 3. The highest BCUT2D eigenvalue weighted by Crippen LogP contribution is 2.42. The predicted octanol–water partition coefficient (Wildman–Crippen LogP) is 5.76. The third-order valence-electron chi connectivity index (χ3n) is 7.19. The van der Waals surface area contributed by atoms with Crippen molar-refractivity contribution < 1.29 is 9.53 Å². The van der Waals surface area contributed by atoms with E-state index in [9.17, 15) is 4.79 Å². The zero-order valence-corrected chi connectivity index (χ0v) is 22.3. The molecule has 0 saturated carbocycles. The van der Waals surface area contributed by atoms with Crippen LogP contribution in [0.4, 0.5) is 5.82 Å². The van der Waals surface area contributed by atoms with Crippen molar-refractivity contribution in [3.05, 3.63) is 78.2 Å². The first-order valence-corrected chi connectivity index (χ1v) is 13.7. The lowest BCUT2D eigenvalue weighted by Gasteiger charge is -2.32.